The van der Waals surface area contributed by atoms with Crippen LogP contribution < -0.4 is 21.5 Å². The van der Waals surface area contributed by atoms with Crippen molar-refractivity contribution in [3.8, 4) is 5.75 Å². The smallest absolute Gasteiger partial charge is 0.195 e. The molecule has 0 radical (unpaired) electrons. The summed E-state index contributed by atoms with van der Waals surface area (Å²) in [4.78, 5) is 10.9. The van der Waals surface area contributed by atoms with E-state index in [4.69, 9.17) is 16.2 Å². The largest absolute Gasteiger partial charge is 0.456 e. The van der Waals surface area contributed by atoms with Crippen molar-refractivity contribution in [1.29, 1.82) is 0 Å². The highest BCUT2D eigenvalue weighted by Gasteiger charge is 2.35. The van der Waals surface area contributed by atoms with Crippen molar-refractivity contribution in [2.45, 2.75) is 36.9 Å². The second-order valence-corrected chi connectivity index (χ2v) is 7.48. The maximum Gasteiger partial charge on any atom is 0.195 e. The van der Waals surface area contributed by atoms with E-state index in [1.807, 2.05) is 32.6 Å². The summed E-state index contributed by atoms with van der Waals surface area (Å²) < 4.78 is 6.23. The Hall–Kier alpha value is -1.77. The van der Waals surface area contributed by atoms with Gasteiger partial charge >= 0.3 is 0 Å². The maximum absolute atomic E-state index is 6.54. The summed E-state index contributed by atoms with van der Waals surface area (Å²) in [6.45, 7) is 4.97. The minimum absolute atomic E-state index is 0.276. The van der Waals surface area contributed by atoms with E-state index in [-0.39, 0.29) is 11.9 Å². The number of guanidine groups is 1. The number of aliphatic imine (C=N–C) groups is 1. The molecule has 1 unspecified atom stereocenters. The first kappa shape index (κ1) is 19.6. The average molecular weight is 365 g/mol. The number of nitrogens with one attached hydrogen (secondary N) is 1. The first-order valence-electron chi connectivity index (χ1n) is 8.23. The summed E-state index contributed by atoms with van der Waals surface area (Å²) in [7, 11) is 3.98. The molecular weight excluding hydrogens is 336 g/mol. The van der Waals surface area contributed by atoms with Crippen LogP contribution in [0.5, 0.6) is 5.75 Å². The van der Waals surface area contributed by atoms with Crippen molar-refractivity contribution in [3.63, 3.8) is 0 Å². The van der Waals surface area contributed by atoms with Crippen molar-refractivity contribution in [1.82, 2.24) is 15.2 Å². The molecule has 0 aromatic carbocycles. The number of nitrogens with two attached hydrogens (primary N) is 2. The van der Waals surface area contributed by atoms with Gasteiger partial charge in [-0.1, -0.05) is 13.8 Å². The van der Waals surface area contributed by atoms with E-state index in [0.717, 1.165) is 22.9 Å². The highest BCUT2D eigenvalue weighted by atomic mass is 32.2. The molecule has 0 aliphatic carbocycles. The fraction of sp³-hybridized carbons (Fsp3) is 0.529. The number of thioether (sulfide) groups is 1. The zero-order chi connectivity index (χ0) is 18.6. The summed E-state index contributed by atoms with van der Waals surface area (Å²) >= 11 is 1.57. The Labute approximate surface area is 153 Å². The molecular formula is C17H28N6OS. The first-order valence-corrected chi connectivity index (χ1v) is 9.45. The molecule has 1 aromatic rings. The van der Waals surface area contributed by atoms with E-state index in [9.17, 15) is 0 Å². The van der Waals surface area contributed by atoms with Crippen molar-refractivity contribution in [2.24, 2.45) is 16.5 Å². The first-order chi connectivity index (χ1) is 11.7. The molecule has 25 heavy (non-hydrogen) atoms. The Morgan fingerprint density at radius 1 is 1.40 bits per heavy atom. The molecule has 1 aliphatic heterocycles. The predicted molar refractivity (Wildman–Crippen MR) is 104 cm³/mol. The van der Waals surface area contributed by atoms with Gasteiger partial charge < -0.3 is 26.4 Å². The van der Waals surface area contributed by atoms with Crippen LogP contribution in [0.15, 0.2) is 34.2 Å². The van der Waals surface area contributed by atoms with E-state index in [1.165, 1.54) is 0 Å². The summed E-state index contributed by atoms with van der Waals surface area (Å²) in [5, 5.41) is 3.79. The van der Waals surface area contributed by atoms with Crippen LogP contribution in [0.1, 0.15) is 31.7 Å². The molecule has 8 heteroatoms. The molecule has 0 bridgehead atoms. The monoisotopic (exact) mass is 364 g/mol. The molecule has 1 atom stereocenters. The number of rotatable bonds is 7. The molecule has 0 spiro atoms. The Morgan fingerprint density at radius 3 is 2.72 bits per heavy atom. The third-order valence-corrected chi connectivity index (χ3v) is 4.60. The minimum Gasteiger partial charge on any atom is -0.456 e. The lowest BCUT2D eigenvalue weighted by molar-refractivity contribution is 0.266. The van der Waals surface area contributed by atoms with Gasteiger partial charge in [0.05, 0.1) is 5.03 Å². The Kier molecular flexibility index (Phi) is 6.31. The van der Waals surface area contributed by atoms with Crippen LogP contribution in [0.4, 0.5) is 0 Å². The minimum atomic E-state index is -1.00. The van der Waals surface area contributed by atoms with Crippen LogP contribution in [-0.2, 0) is 0 Å². The highest BCUT2D eigenvalue weighted by Crippen LogP contribution is 2.33. The molecule has 0 saturated heterocycles. The van der Waals surface area contributed by atoms with Crippen molar-refractivity contribution in [2.75, 3.05) is 26.9 Å². The molecule has 0 fully saturated rings. The van der Waals surface area contributed by atoms with Gasteiger partial charge in [0.1, 0.15) is 5.75 Å². The molecule has 138 valence electrons. The van der Waals surface area contributed by atoms with E-state index in [1.54, 1.807) is 18.0 Å². The molecule has 1 aromatic heterocycles. The summed E-state index contributed by atoms with van der Waals surface area (Å²) in [5.41, 5.74) is 12.4. The molecule has 2 heterocycles. The molecule has 1 aliphatic rings. The van der Waals surface area contributed by atoms with Gasteiger partial charge in [-0.05, 0) is 26.3 Å². The van der Waals surface area contributed by atoms with Gasteiger partial charge in [0.2, 0.25) is 0 Å². The van der Waals surface area contributed by atoms with Crippen LogP contribution in [0.25, 0.3) is 0 Å². The summed E-state index contributed by atoms with van der Waals surface area (Å²) in [6.07, 6.45) is 6.13. The zero-order valence-corrected chi connectivity index (χ0v) is 16.4. The van der Waals surface area contributed by atoms with Crippen molar-refractivity contribution < 1.29 is 4.74 Å². The second-order valence-electron chi connectivity index (χ2n) is 6.65. The standard InChI is InChI=1S/C17H28N6OS/c1-11(2)12-9-20-15(25-5)8-13(12)24-14-10-21-16(18)22-17(14,19)6-7-23(3)4/h8-11H,6-7,19H2,1-5H3,(H3,18,21,22). The second kappa shape index (κ2) is 8.07. The van der Waals surface area contributed by atoms with Crippen LogP contribution in [0, 0.1) is 0 Å². The van der Waals surface area contributed by atoms with Gasteiger partial charge in [0.25, 0.3) is 0 Å². The quantitative estimate of drug-likeness (QED) is 0.633. The van der Waals surface area contributed by atoms with E-state index >= 15 is 0 Å². The van der Waals surface area contributed by atoms with Gasteiger partial charge in [-0.2, -0.15) is 0 Å². The zero-order valence-electron chi connectivity index (χ0n) is 15.5. The van der Waals surface area contributed by atoms with E-state index in [2.05, 4.69) is 34.0 Å². The molecule has 2 rings (SSSR count). The lowest BCUT2D eigenvalue weighted by atomic mass is 10.0. The van der Waals surface area contributed by atoms with Gasteiger partial charge in [-0.25, -0.2) is 9.98 Å². The fourth-order valence-electron chi connectivity index (χ4n) is 2.44. The summed E-state index contributed by atoms with van der Waals surface area (Å²) in [5.74, 6) is 1.86. The van der Waals surface area contributed by atoms with Gasteiger partial charge in [0.15, 0.2) is 17.4 Å². The number of aromatic nitrogens is 1. The van der Waals surface area contributed by atoms with Crippen LogP contribution in [-0.4, -0.2) is 48.4 Å². The summed E-state index contributed by atoms with van der Waals surface area (Å²) in [6, 6.07) is 1.94. The fourth-order valence-corrected chi connectivity index (χ4v) is 2.82. The Bertz CT molecular complexity index is 673. The SMILES string of the molecule is CSc1cc(OC2=CNC(N)=NC2(N)CCN(C)C)c(C(C)C)cn1. The number of pyridine rings is 1. The van der Waals surface area contributed by atoms with Gasteiger partial charge in [-0.3, -0.25) is 0 Å². The van der Waals surface area contributed by atoms with Crippen molar-refractivity contribution in [3.05, 3.63) is 29.8 Å². The Balaban J connectivity index is 2.34. The average Bonchev–Trinajstić information content (AvgIpc) is 2.55. The van der Waals surface area contributed by atoms with E-state index in [0.29, 0.717) is 12.2 Å². The topological polar surface area (TPSA) is 102 Å². The molecule has 5 N–H and O–H groups in total. The lowest BCUT2D eigenvalue weighted by Gasteiger charge is -2.32. The predicted octanol–water partition coefficient (Wildman–Crippen LogP) is 1.67. The third-order valence-electron chi connectivity index (χ3n) is 3.96. The number of ether oxygens (including phenoxy) is 1. The van der Waals surface area contributed by atoms with Crippen LogP contribution in [0.2, 0.25) is 0 Å². The molecule has 7 nitrogen and oxygen atoms in total. The van der Waals surface area contributed by atoms with Crippen molar-refractivity contribution >= 4 is 17.7 Å². The van der Waals surface area contributed by atoms with E-state index < -0.39 is 5.66 Å². The number of hydrogen-bond acceptors (Lipinski definition) is 8. The van der Waals surface area contributed by atoms with Crippen LogP contribution >= 0.6 is 11.8 Å². The molecule has 0 amide bonds. The van der Waals surface area contributed by atoms with Gasteiger partial charge in [-0.15, -0.1) is 11.8 Å². The normalized spacial score (nSPS) is 20.3. The third kappa shape index (κ3) is 4.87. The lowest BCUT2D eigenvalue weighted by Crippen LogP contribution is -2.50. The van der Waals surface area contributed by atoms with Crippen LogP contribution in [0.3, 0.4) is 0 Å². The van der Waals surface area contributed by atoms with Gasteiger partial charge in [0, 0.05) is 37.0 Å². The maximum atomic E-state index is 6.54. The molecule has 0 saturated carbocycles. The number of hydrogen-bond donors (Lipinski definition) is 3. The highest BCUT2D eigenvalue weighted by molar-refractivity contribution is 7.98. The Morgan fingerprint density at radius 2 is 2.12 bits per heavy atom. The number of nitrogens with zero attached hydrogens (tertiary/aromatic N) is 3.